The molecule has 1 aromatic heterocycles. The third-order valence-electron chi connectivity index (χ3n) is 4.85. The van der Waals surface area contributed by atoms with E-state index in [4.69, 9.17) is 14.0 Å². The number of unbranched alkanes of at least 4 members (excludes halogenated alkanes) is 1. The first kappa shape index (κ1) is 23.0. The molecule has 2 heterocycles. The molecule has 1 fully saturated rings. The Morgan fingerprint density at radius 2 is 1.97 bits per heavy atom. The lowest BCUT2D eigenvalue weighted by molar-refractivity contribution is -0.151. The first-order chi connectivity index (χ1) is 15.4. The summed E-state index contributed by atoms with van der Waals surface area (Å²) in [5.41, 5.74) is 0.954. The molecule has 0 spiro atoms. The lowest BCUT2D eigenvalue weighted by atomic mass is 10.1. The number of hydrogen-bond acceptors (Lipinski definition) is 8. The summed E-state index contributed by atoms with van der Waals surface area (Å²) < 4.78 is 15.1. The van der Waals surface area contributed by atoms with Crippen molar-refractivity contribution in [1.29, 1.82) is 0 Å². The minimum Gasteiger partial charge on any atom is -0.462 e. The van der Waals surface area contributed by atoms with Crippen LogP contribution in [0.3, 0.4) is 0 Å². The SMILES string of the molecule is CCCCOC(=O)c1ccc(N2C[C@@H](C(=O)OCC(=O)Nc3cc(C)on3)CC2=O)cc1. The highest BCUT2D eigenvalue weighted by atomic mass is 16.5. The summed E-state index contributed by atoms with van der Waals surface area (Å²) in [6, 6.07) is 7.96. The molecule has 0 radical (unpaired) electrons. The average Bonchev–Trinajstić information content (AvgIpc) is 3.37. The van der Waals surface area contributed by atoms with E-state index in [1.54, 1.807) is 31.2 Å². The zero-order chi connectivity index (χ0) is 23.1. The molecule has 1 saturated heterocycles. The Morgan fingerprint density at radius 1 is 1.22 bits per heavy atom. The normalized spacial score (nSPS) is 15.5. The van der Waals surface area contributed by atoms with Crippen LogP contribution in [-0.4, -0.2) is 48.7 Å². The van der Waals surface area contributed by atoms with E-state index in [0.29, 0.717) is 23.6 Å². The van der Waals surface area contributed by atoms with Crippen LogP contribution in [0, 0.1) is 12.8 Å². The Kier molecular flexibility index (Phi) is 7.58. The number of esters is 2. The fourth-order valence-electron chi connectivity index (χ4n) is 3.14. The number of aryl methyl sites for hydroxylation is 1. The van der Waals surface area contributed by atoms with Crippen molar-refractivity contribution in [3.05, 3.63) is 41.7 Å². The number of hydrogen-bond donors (Lipinski definition) is 1. The molecule has 0 bridgehead atoms. The summed E-state index contributed by atoms with van der Waals surface area (Å²) in [4.78, 5) is 50.0. The molecule has 170 valence electrons. The van der Waals surface area contributed by atoms with Gasteiger partial charge in [-0.2, -0.15) is 0 Å². The molecule has 10 nitrogen and oxygen atoms in total. The fourth-order valence-corrected chi connectivity index (χ4v) is 3.14. The molecule has 0 aliphatic carbocycles. The van der Waals surface area contributed by atoms with Crippen LogP contribution < -0.4 is 10.2 Å². The number of aromatic nitrogens is 1. The van der Waals surface area contributed by atoms with Gasteiger partial charge in [0.2, 0.25) is 5.91 Å². The van der Waals surface area contributed by atoms with Gasteiger partial charge in [0.25, 0.3) is 5.91 Å². The first-order valence-electron chi connectivity index (χ1n) is 10.3. The Morgan fingerprint density at radius 3 is 2.62 bits per heavy atom. The molecular formula is C22H25N3O7. The molecule has 32 heavy (non-hydrogen) atoms. The van der Waals surface area contributed by atoms with Gasteiger partial charge in [-0.25, -0.2) is 4.79 Å². The number of carbonyl (C=O) groups excluding carboxylic acids is 4. The van der Waals surface area contributed by atoms with Gasteiger partial charge in [-0.05, 0) is 37.6 Å². The van der Waals surface area contributed by atoms with Crippen LogP contribution in [0.25, 0.3) is 0 Å². The number of rotatable bonds is 9. The quantitative estimate of drug-likeness (QED) is 0.462. The van der Waals surface area contributed by atoms with E-state index in [-0.39, 0.29) is 24.7 Å². The van der Waals surface area contributed by atoms with Crippen molar-refractivity contribution in [2.75, 3.05) is 30.0 Å². The van der Waals surface area contributed by atoms with Gasteiger partial charge < -0.3 is 24.2 Å². The minimum absolute atomic E-state index is 0.0241. The molecular weight excluding hydrogens is 418 g/mol. The van der Waals surface area contributed by atoms with Crippen LogP contribution in [0.1, 0.15) is 42.3 Å². The number of carbonyl (C=O) groups is 4. The molecule has 3 rings (SSSR count). The summed E-state index contributed by atoms with van der Waals surface area (Å²) in [6.07, 6.45) is 1.70. The van der Waals surface area contributed by atoms with Crippen LogP contribution in [0.15, 0.2) is 34.9 Å². The van der Waals surface area contributed by atoms with Crippen molar-refractivity contribution in [3.63, 3.8) is 0 Å². The van der Waals surface area contributed by atoms with E-state index in [1.165, 1.54) is 11.0 Å². The Labute approximate surface area is 184 Å². The third kappa shape index (κ3) is 5.93. The molecule has 1 aromatic carbocycles. The standard InChI is InChI=1S/C22H25N3O7/c1-3-4-9-30-21(28)15-5-7-17(8-6-15)25-12-16(11-20(25)27)22(29)31-13-19(26)23-18-10-14(2)32-24-18/h5-8,10,16H,3-4,9,11-13H2,1-2H3,(H,23,24,26)/t16-/m0/s1. The highest BCUT2D eigenvalue weighted by Crippen LogP contribution is 2.26. The van der Waals surface area contributed by atoms with Crippen molar-refractivity contribution < 1.29 is 33.2 Å². The van der Waals surface area contributed by atoms with Gasteiger partial charge >= 0.3 is 11.9 Å². The second kappa shape index (κ2) is 10.6. The topological polar surface area (TPSA) is 128 Å². The van der Waals surface area contributed by atoms with E-state index in [1.807, 2.05) is 6.92 Å². The van der Waals surface area contributed by atoms with Crippen molar-refractivity contribution in [2.45, 2.75) is 33.1 Å². The summed E-state index contributed by atoms with van der Waals surface area (Å²) in [5, 5.41) is 6.07. The van der Waals surface area contributed by atoms with E-state index < -0.39 is 30.4 Å². The number of benzene rings is 1. The summed E-state index contributed by atoms with van der Waals surface area (Å²) in [6.45, 7) is 3.68. The predicted molar refractivity (Wildman–Crippen MR) is 113 cm³/mol. The van der Waals surface area contributed by atoms with E-state index in [0.717, 1.165) is 12.8 Å². The molecule has 1 N–H and O–H groups in total. The van der Waals surface area contributed by atoms with Gasteiger partial charge in [0, 0.05) is 24.7 Å². The average molecular weight is 443 g/mol. The highest BCUT2D eigenvalue weighted by molar-refractivity contribution is 6.00. The van der Waals surface area contributed by atoms with Crippen molar-refractivity contribution >= 4 is 35.3 Å². The fraction of sp³-hybridized carbons (Fsp3) is 0.409. The largest absolute Gasteiger partial charge is 0.462 e. The molecule has 0 saturated carbocycles. The summed E-state index contributed by atoms with van der Waals surface area (Å²) >= 11 is 0. The van der Waals surface area contributed by atoms with Crippen molar-refractivity contribution in [3.8, 4) is 0 Å². The lowest BCUT2D eigenvalue weighted by Gasteiger charge is -2.17. The van der Waals surface area contributed by atoms with Gasteiger partial charge in [-0.1, -0.05) is 18.5 Å². The van der Waals surface area contributed by atoms with Gasteiger partial charge in [-0.3, -0.25) is 14.4 Å². The smallest absolute Gasteiger partial charge is 0.338 e. The maximum atomic E-state index is 12.4. The van der Waals surface area contributed by atoms with Crippen LogP contribution in [0.5, 0.6) is 0 Å². The number of amides is 2. The van der Waals surface area contributed by atoms with Crippen LogP contribution in [0.4, 0.5) is 11.5 Å². The van der Waals surface area contributed by atoms with E-state index in [2.05, 4.69) is 10.5 Å². The maximum absolute atomic E-state index is 12.4. The molecule has 1 aliphatic heterocycles. The number of nitrogens with one attached hydrogen (secondary N) is 1. The first-order valence-corrected chi connectivity index (χ1v) is 10.3. The van der Waals surface area contributed by atoms with Crippen LogP contribution in [-0.2, 0) is 23.9 Å². The maximum Gasteiger partial charge on any atom is 0.338 e. The third-order valence-corrected chi connectivity index (χ3v) is 4.85. The molecule has 2 amide bonds. The number of ether oxygens (including phenoxy) is 2. The predicted octanol–water partition coefficient (Wildman–Crippen LogP) is 2.47. The zero-order valence-corrected chi connectivity index (χ0v) is 18.0. The molecule has 0 unspecified atom stereocenters. The van der Waals surface area contributed by atoms with Crippen LogP contribution in [0.2, 0.25) is 0 Å². The summed E-state index contributed by atoms with van der Waals surface area (Å²) in [7, 11) is 0. The Hall–Kier alpha value is -3.69. The second-order valence-corrected chi connectivity index (χ2v) is 7.42. The molecule has 1 atom stereocenters. The Balaban J connectivity index is 1.50. The van der Waals surface area contributed by atoms with Crippen molar-refractivity contribution in [2.24, 2.45) is 5.92 Å². The van der Waals surface area contributed by atoms with Crippen molar-refractivity contribution in [1.82, 2.24) is 5.16 Å². The van der Waals surface area contributed by atoms with Crippen LogP contribution >= 0.6 is 0 Å². The summed E-state index contributed by atoms with van der Waals surface area (Å²) in [5.74, 6) is -1.79. The molecule has 1 aliphatic rings. The number of nitrogens with zero attached hydrogens (tertiary/aromatic N) is 2. The molecule has 10 heteroatoms. The van der Waals surface area contributed by atoms with Gasteiger partial charge in [0.05, 0.1) is 18.1 Å². The monoisotopic (exact) mass is 443 g/mol. The Bertz CT molecular complexity index is 984. The second-order valence-electron chi connectivity index (χ2n) is 7.42. The zero-order valence-electron chi connectivity index (χ0n) is 18.0. The van der Waals surface area contributed by atoms with E-state index >= 15 is 0 Å². The van der Waals surface area contributed by atoms with E-state index in [9.17, 15) is 19.2 Å². The number of anilines is 2. The minimum atomic E-state index is -0.691. The van der Waals surface area contributed by atoms with Gasteiger partial charge in [0.1, 0.15) is 5.76 Å². The lowest BCUT2D eigenvalue weighted by Crippen LogP contribution is -2.28. The molecule has 2 aromatic rings. The highest BCUT2D eigenvalue weighted by Gasteiger charge is 2.36. The van der Waals surface area contributed by atoms with Gasteiger partial charge in [0.15, 0.2) is 12.4 Å². The van der Waals surface area contributed by atoms with Gasteiger partial charge in [-0.15, -0.1) is 0 Å².